The number of esters is 1. The molecule has 1 aromatic rings. The van der Waals surface area contributed by atoms with Gasteiger partial charge in [0.25, 0.3) is 0 Å². The number of hydrogen-bond acceptors (Lipinski definition) is 4. The fourth-order valence-corrected chi connectivity index (χ4v) is 3.83. The Hall–Kier alpha value is -1.39. The van der Waals surface area contributed by atoms with Gasteiger partial charge in [0.1, 0.15) is 6.29 Å². The van der Waals surface area contributed by atoms with Gasteiger partial charge in [0.05, 0.1) is 12.0 Å². The molecule has 0 heterocycles. The van der Waals surface area contributed by atoms with Crippen LogP contribution in [-0.4, -0.2) is 32.0 Å². The van der Waals surface area contributed by atoms with Gasteiger partial charge in [-0.3, -0.25) is 4.79 Å². The van der Waals surface area contributed by atoms with Crippen LogP contribution in [0, 0.1) is 11.8 Å². The number of nitrogens with one attached hydrogen (secondary N) is 1. The van der Waals surface area contributed by atoms with Gasteiger partial charge in [0, 0.05) is 18.0 Å². The molecule has 29 heavy (non-hydrogen) atoms. The minimum Gasteiger partial charge on any atom is -0.466 e. The van der Waals surface area contributed by atoms with Gasteiger partial charge in [0.2, 0.25) is 0 Å². The van der Waals surface area contributed by atoms with E-state index in [0.717, 1.165) is 47.6 Å². The first-order chi connectivity index (χ1) is 13.8. The van der Waals surface area contributed by atoms with E-state index in [2.05, 4.69) is 30.9 Å². The van der Waals surface area contributed by atoms with Gasteiger partial charge in [-0.15, -0.1) is 0 Å². The first-order valence-electron chi connectivity index (χ1n) is 10.8. The average Bonchev–Trinajstić information content (AvgIpc) is 3.49. The molecule has 0 bridgehead atoms. The van der Waals surface area contributed by atoms with Crippen LogP contribution < -0.4 is 5.32 Å². The lowest BCUT2D eigenvalue weighted by atomic mass is 9.98. The monoisotopic (exact) mass is 423 g/mol. The van der Waals surface area contributed by atoms with Gasteiger partial charge >= 0.3 is 5.97 Å². The molecule has 0 radical (unpaired) electrons. The molecule has 164 valence electrons. The molecule has 0 aromatic heterocycles. The summed E-state index contributed by atoms with van der Waals surface area (Å²) in [5.41, 5.74) is 0.937. The number of aldehydes is 1. The predicted molar refractivity (Wildman–Crippen MR) is 120 cm³/mol. The molecule has 2 saturated carbocycles. The molecule has 0 aliphatic heterocycles. The molecule has 0 saturated heterocycles. The molecule has 0 amide bonds. The summed E-state index contributed by atoms with van der Waals surface area (Å²) in [7, 11) is 2.09. The number of carbonyl (C=O) groups is 2. The minimum atomic E-state index is -0.211. The first kappa shape index (κ1) is 25.6. The van der Waals surface area contributed by atoms with Gasteiger partial charge in [-0.05, 0) is 69.2 Å². The Kier molecular flexibility index (Phi) is 11.5. The Balaban J connectivity index is 0.000000231. The number of carbonyl (C=O) groups excluding carboxylic acids is 2. The number of benzene rings is 1. The molecule has 4 nitrogen and oxygen atoms in total. The maximum Gasteiger partial charge on any atom is 0.302 e. The molecule has 2 atom stereocenters. The van der Waals surface area contributed by atoms with Crippen LogP contribution in [0.4, 0.5) is 0 Å². The summed E-state index contributed by atoms with van der Waals surface area (Å²) in [5, 5.41) is 4.13. The van der Waals surface area contributed by atoms with Crippen molar-refractivity contribution in [2.75, 3.05) is 13.7 Å². The van der Waals surface area contributed by atoms with E-state index in [1.807, 2.05) is 24.3 Å². The normalized spacial score (nSPS) is 24.6. The van der Waals surface area contributed by atoms with E-state index < -0.39 is 0 Å². The van der Waals surface area contributed by atoms with Gasteiger partial charge < -0.3 is 14.8 Å². The van der Waals surface area contributed by atoms with Crippen molar-refractivity contribution < 1.29 is 14.3 Å². The van der Waals surface area contributed by atoms with Crippen molar-refractivity contribution in [1.29, 1.82) is 0 Å². The number of ether oxygens (including phenoxy) is 1. The highest BCUT2D eigenvalue weighted by molar-refractivity contribution is 6.30. The molecule has 2 aliphatic rings. The fraction of sp³-hybridized carbons (Fsp3) is 0.667. The summed E-state index contributed by atoms with van der Waals surface area (Å²) in [5.74, 6) is 1.65. The Bertz CT molecular complexity index is 601. The summed E-state index contributed by atoms with van der Waals surface area (Å²) in [6.45, 7) is 8.41. The Morgan fingerprint density at radius 2 is 1.69 bits per heavy atom. The van der Waals surface area contributed by atoms with Crippen LogP contribution in [0.2, 0.25) is 5.02 Å². The molecular formula is C24H38ClNO3. The summed E-state index contributed by atoms with van der Waals surface area (Å²) in [6.07, 6.45) is 8.63. The van der Waals surface area contributed by atoms with Crippen molar-refractivity contribution in [3.05, 3.63) is 34.9 Å². The van der Waals surface area contributed by atoms with Crippen molar-refractivity contribution in [3.63, 3.8) is 0 Å². The number of hydrogen-bond donors (Lipinski definition) is 1. The summed E-state index contributed by atoms with van der Waals surface area (Å²) >= 11 is 5.74. The van der Waals surface area contributed by atoms with Crippen molar-refractivity contribution in [2.24, 2.45) is 11.8 Å². The van der Waals surface area contributed by atoms with Gasteiger partial charge in [-0.1, -0.05) is 50.4 Å². The van der Waals surface area contributed by atoms with E-state index in [9.17, 15) is 9.59 Å². The lowest BCUT2D eigenvalue weighted by Gasteiger charge is -2.17. The third kappa shape index (κ3) is 9.77. The second-order valence-corrected chi connectivity index (χ2v) is 8.89. The smallest absolute Gasteiger partial charge is 0.302 e. The second kappa shape index (κ2) is 13.0. The van der Waals surface area contributed by atoms with E-state index in [0.29, 0.717) is 6.61 Å². The van der Waals surface area contributed by atoms with Crippen LogP contribution in [0.15, 0.2) is 24.3 Å². The average molecular weight is 424 g/mol. The van der Waals surface area contributed by atoms with Crippen LogP contribution in [-0.2, 0) is 19.7 Å². The molecule has 0 spiro atoms. The maximum absolute atomic E-state index is 10.7. The lowest BCUT2D eigenvalue weighted by Crippen LogP contribution is -2.27. The molecule has 2 unspecified atom stereocenters. The van der Waals surface area contributed by atoms with E-state index in [-0.39, 0.29) is 11.4 Å². The van der Waals surface area contributed by atoms with Gasteiger partial charge in [-0.25, -0.2) is 0 Å². The molecule has 2 aliphatic carbocycles. The van der Waals surface area contributed by atoms with Gasteiger partial charge in [-0.2, -0.15) is 0 Å². The van der Waals surface area contributed by atoms with Crippen molar-refractivity contribution >= 4 is 23.9 Å². The Morgan fingerprint density at radius 3 is 2.00 bits per heavy atom. The number of rotatable bonds is 4. The molecule has 1 N–H and O–H groups in total. The van der Waals surface area contributed by atoms with Crippen LogP contribution >= 0.6 is 11.6 Å². The standard InChI is InChI=1S/C10H9ClO.C10H21N.C4H8O2/c11-9-3-1-8(2-4-9)10(7-12)5-6-10;1-8-4-5-9(2)7-10(6-8)11-3;1-3-6-4(2)5/h1-4,7H,5-6H2;8-11H,4-7H2,1-3H3;3H2,1-2H3. The zero-order chi connectivity index (χ0) is 21.9. The largest absolute Gasteiger partial charge is 0.466 e. The SMILES string of the molecule is CCOC(C)=O.CNC1CC(C)CCC(C)C1.O=CC1(c2ccc(Cl)cc2)CC1. The molecule has 5 heteroatoms. The molecular weight excluding hydrogens is 386 g/mol. The zero-order valence-corrected chi connectivity index (χ0v) is 19.4. The highest BCUT2D eigenvalue weighted by Crippen LogP contribution is 2.46. The lowest BCUT2D eigenvalue weighted by molar-refractivity contribution is -0.140. The van der Waals surface area contributed by atoms with Crippen molar-refractivity contribution in [2.45, 2.75) is 77.7 Å². The minimum absolute atomic E-state index is 0.162. The highest BCUT2D eigenvalue weighted by Gasteiger charge is 2.43. The molecule has 1 aromatic carbocycles. The third-order valence-electron chi connectivity index (χ3n) is 5.72. The Labute approximate surface area is 181 Å². The topological polar surface area (TPSA) is 55.4 Å². The van der Waals surface area contributed by atoms with Crippen molar-refractivity contribution in [3.8, 4) is 0 Å². The predicted octanol–water partition coefficient (Wildman–Crippen LogP) is 5.56. The van der Waals surface area contributed by atoms with E-state index >= 15 is 0 Å². The fourth-order valence-electron chi connectivity index (χ4n) is 3.70. The summed E-state index contributed by atoms with van der Waals surface area (Å²) in [6, 6.07) is 8.32. The second-order valence-electron chi connectivity index (χ2n) is 8.45. The van der Waals surface area contributed by atoms with Crippen LogP contribution in [0.3, 0.4) is 0 Å². The van der Waals surface area contributed by atoms with E-state index in [1.165, 1.54) is 32.6 Å². The third-order valence-corrected chi connectivity index (χ3v) is 5.97. The first-order valence-corrected chi connectivity index (χ1v) is 11.2. The quantitative estimate of drug-likeness (QED) is 0.391. The van der Waals surface area contributed by atoms with Crippen LogP contribution in [0.1, 0.15) is 71.8 Å². The molecule has 2 fully saturated rings. The molecule has 3 rings (SSSR count). The highest BCUT2D eigenvalue weighted by atomic mass is 35.5. The van der Waals surface area contributed by atoms with Crippen LogP contribution in [0.5, 0.6) is 0 Å². The summed E-state index contributed by atoms with van der Waals surface area (Å²) < 4.78 is 4.40. The number of halogens is 1. The Morgan fingerprint density at radius 1 is 1.17 bits per heavy atom. The summed E-state index contributed by atoms with van der Waals surface area (Å²) in [4.78, 5) is 20.6. The van der Waals surface area contributed by atoms with E-state index in [4.69, 9.17) is 11.6 Å². The van der Waals surface area contributed by atoms with E-state index in [1.54, 1.807) is 6.92 Å². The zero-order valence-electron chi connectivity index (χ0n) is 18.7. The maximum atomic E-state index is 10.7. The van der Waals surface area contributed by atoms with Crippen molar-refractivity contribution in [1.82, 2.24) is 5.32 Å². The van der Waals surface area contributed by atoms with Crippen LogP contribution in [0.25, 0.3) is 0 Å². The van der Waals surface area contributed by atoms with Gasteiger partial charge in [0.15, 0.2) is 0 Å².